The minimum atomic E-state index is -2.02. The van der Waals surface area contributed by atoms with E-state index in [1.165, 1.54) is 0 Å². The summed E-state index contributed by atoms with van der Waals surface area (Å²) < 4.78 is 22.4. The molecule has 2 aromatic rings. The van der Waals surface area contributed by atoms with E-state index in [0.29, 0.717) is 34.1 Å². The molecule has 0 N–H and O–H groups in total. The number of benzene rings is 2. The number of carbonyl (C=O) groups is 1. The van der Waals surface area contributed by atoms with Gasteiger partial charge in [0, 0.05) is 17.2 Å². The summed E-state index contributed by atoms with van der Waals surface area (Å²) in [6.45, 7) is 10.9. The number of rotatable bonds is 7. The van der Waals surface area contributed by atoms with Gasteiger partial charge in [0.05, 0.1) is 21.3 Å². The molecule has 0 fully saturated rings. The fourth-order valence-corrected chi connectivity index (χ4v) is 3.45. The minimum absolute atomic E-state index is 0.0592. The van der Waals surface area contributed by atoms with Crippen LogP contribution >= 0.6 is 0 Å². The van der Waals surface area contributed by atoms with Crippen LogP contribution in [0.2, 0.25) is 18.1 Å². The van der Waals surface area contributed by atoms with Crippen LogP contribution in [0, 0.1) is 0 Å². The molecule has 0 radical (unpaired) electrons. The lowest BCUT2D eigenvalue weighted by atomic mass is 10.0. The summed E-state index contributed by atoms with van der Waals surface area (Å²) in [5.74, 6) is 2.19. The lowest BCUT2D eigenvalue weighted by Crippen LogP contribution is -2.43. The van der Waals surface area contributed by atoms with Crippen molar-refractivity contribution in [2.24, 2.45) is 0 Å². The topological polar surface area (TPSA) is 54.0 Å². The Labute approximate surface area is 168 Å². The third kappa shape index (κ3) is 4.68. The summed E-state index contributed by atoms with van der Waals surface area (Å²) in [6, 6.07) is 10.4. The Kier molecular flexibility index (Phi) is 6.44. The number of methoxy groups -OCH3 is 3. The van der Waals surface area contributed by atoms with Gasteiger partial charge in [-0.15, -0.1) is 0 Å². The number of ketones is 1. The van der Waals surface area contributed by atoms with E-state index >= 15 is 0 Å². The van der Waals surface area contributed by atoms with E-state index < -0.39 is 8.32 Å². The highest BCUT2D eigenvalue weighted by molar-refractivity contribution is 6.74. The number of carbonyl (C=O) groups excluding carboxylic acids is 1. The fourth-order valence-electron chi connectivity index (χ4n) is 2.43. The van der Waals surface area contributed by atoms with Gasteiger partial charge in [-0.05, 0) is 48.5 Å². The van der Waals surface area contributed by atoms with E-state index in [4.69, 9.17) is 18.6 Å². The van der Waals surface area contributed by atoms with Crippen LogP contribution in [0.1, 0.15) is 36.7 Å². The second-order valence-electron chi connectivity index (χ2n) is 8.16. The normalized spacial score (nSPS) is 11.7. The summed E-state index contributed by atoms with van der Waals surface area (Å²) >= 11 is 0. The van der Waals surface area contributed by atoms with Crippen molar-refractivity contribution < 1.29 is 23.4 Å². The molecule has 5 nitrogen and oxygen atoms in total. The van der Waals surface area contributed by atoms with Gasteiger partial charge in [-0.2, -0.15) is 0 Å². The van der Waals surface area contributed by atoms with Gasteiger partial charge >= 0.3 is 0 Å². The molecular formula is C22H30O5Si. The molecule has 6 heteroatoms. The Morgan fingerprint density at radius 1 is 0.786 bits per heavy atom. The van der Waals surface area contributed by atoms with Crippen molar-refractivity contribution in [3.8, 4) is 23.0 Å². The van der Waals surface area contributed by atoms with Gasteiger partial charge in [-0.3, -0.25) is 4.79 Å². The number of hydrogen-bond donors (Lipinski definition) is 0. The molecule has 0 saturated heterocycles. The third-order valence-electron chi connectivity index (χ3n) is 5.21. The van der Waals surface area contributed by atoms with Crippen LogP contribution in [-0.2, 0) is 0 Å². The van der Waals surface area contributed by atoms with Crippen LogP contribution in [0.15, 0.2) is 36.4 Å². The van der Waals surface area contributed by atoms with Gasteiger partial charge in [0.25, 0.3) is 8.32 Å². The third-order valence-corrected chi connectivity index (χ3v) is 9.55. The molecule has 2 aromatic carbocycles. The van der Waals surface area contributed by atoms with E-state index in [9.17, 15) is 4.79 Å². The lowest BCUT2D eigenvalue weighted by molar-refractivity contribution is 0.103. The minimum Gasteiger partial charge on any atom is -0.541 e. The average Bonchev–Trinajstić information content (AvgIpc) is 2.66. The Bertz CT molecular complexity index is 830. The molecule has 2 rings (SSSR count). The molecule has 0 saturated carbocycles. The maximum absolute atomic E-state index is 13.0. The van der Waals surface area contributed by atoms with Crippen molar-refractivity contribution in [1.82, 2.24) is 0 Å². The molecule has 0 amide bonds. The van der Waals surface area contributed by atoms with Gasteiger partial charge in [-0.25, -0.2) is 0 Å². The van der Waals surface area contributed by atoms with Crippen molar-refractivity contribution >= 4 is 14.1 Å². The quantitative estimate of drug-likeness (QED) is 0.463. The fraction of sp³-hybridized carbons (Fsp3) is 0.409. The van der Waals surface area contributed by atoms with Gasteiger partial charge < -0.3 is 18.6 Å². The van der Waals surface area contributed by atoms with Crippen LogP contribution in [-0.4, -0.2) is 35.4 Å². The first-order chi connectivity index (χ1) is 13.0. The van der Waals surface area contributed by atoms with Crippen molar-refractivity contribution in [2.45, 2.75) is 38.9 Å². The zero-order chi connectivity index (χ0) is 21.1. The van der Waals surface area contributed by atoms with Crippen LogP contribution in [0.4, 0.5) is 0 Å². The molecule has 0 unspecified atom stereocenters. The second kappa shape index (κ2) is 8.27. The molecule has 152 valence electrons. The summed E-state index contributed by atoms with van der Waals surface area (Å²) in [4.78, 5) is 13.0. The zero-order valence-corrected chi connectivity index (χ0v) is 19.0. The Morgan fingerprint density at radius 2 is 1.36 bits per heavy atom. The first-order valence-corrected chi connectivity index (χ1v) is 12.1. The highest BCUT2D eigenvalue weighted by Crippen LogP contribution is 2.40. The van der Waals surface area contributed by atoms with Crippen LogP contribution in [0.3, 0.4) is 0 Å². The van der Waals surface area contributed by atoms with Gasteiger partial charge in [0.2, 0.25) is 0 Å². The SMILES string of the molecule is COc1cc(OC)cc(C(=O)c2ccc(O[Si](C)(C)C(C)(C)C)c(OC)c2)c1. The van der Waals surface area contributed by atoms with Crippen molar-refractivity contribution in [1.29, 1.82) is 0 Å². The van der Waals surface area contributed by atoms with Crippen LogP contribution < -0.4 is 18.6 Å². The largest absolute Gasteiger partial charge is 0.541 e. The second-order valence-corrected chi connectivity index (χ2v) is 12.9. The molecular weight excluding hydrogens is 372 g/mol. The number of hydrogen-bond acceptors (Lipinski definition) is 5. The van der Waals surface area contributed by atoms with Crippen molar-refractivity contribution in [3.05, 3.63) is 47.5 Å². The Hall–Kier alpha value is -2.47. The van der Waals surface area contributed by atoms with Gasteiger partial charge in [-0.1, -0.05) is 20.8 Å². The molecule has 0 spiro atoms. The monoisotopic (exact) mass is 402 g/mol. The number of ether oxygens (including phenoxy) is 3. The van der Waals surface area contributed by atoms with E-state index in [-0.39, 0.29) is 10.8 Å². The van der Waals surface area contributed by atoms with E-state index in [0.717, 1.165) is 0 Å². The van der Waals surface area contributed by atoms with Gasteiger partial charge in [0.1, 0.15) is 17.2 Å². The van der Waals surface area contributed by atoms with Crippen molar-refractivity contribution in [2.75, 3.05) is 21.3 Å². The Balaban J connectivity index is 2.40. The zero-order valence-electron chi connectivity index (χ0n) is 18.0. The Morgan fingerprint density at radius 3 is 1.82 bits per heavy atom. The molecule has 0 heterocycles. The molecule has 0 aliphatic rings. The summed E-state index contributed by atoms with van der Waals surface area (Å²) in [7, 11) is 2.66. The maximum Gasteiger partial charge on any atom is 0.250 e. The summed E-state index contributed by atoms with van der Waals surface area (Å²) in [5.41, 5.74) is 0.992. The molecule has 0 aliphatic heterocycles. The molecule has 0 aromatic heterocycles. The molecule has 0 atom stereocenters. The van der Waals surface area contributed by atoms with E-state index in [2.05, 4.69) is 33.9 Å². The lowest BCUT2D eigenvalue weighted by Gasteiger charge is -2.36. The summed E-state index contributed by atoms with van der Waals surface area (Å²) in [5, 5.41) is 0.0592. The van der Waals surface area contributed by atoms with Crippen molar-refractivity contribution in [3.63, 3.8) is 0 Å². The predicted molar refractivity (Wildman–Crippen MR) is 114 cm³/mol. The smallest absolute Gasteiger partial charge is 0.250 e. The van der Waals surface area contributed by atoms with Crippen LogP contribution in [0.5, 0.6) is 23.0 Å². The predicted octanol–water partition coefficient (Wildman–Crippen LogP) is 5.33. The molecule has 0 bridgehead atoms. The highest BCUT2D eigenvalue weighted by Gasteiger charge is 2.39. The first kappa shape index (κ1) is 21.8. The van der Waals surface area contributed by atoms with Crippen LogP contribution in [0.25, 0.3) is 0 Å². The van der Waals surface area contributed by atoms with E-state index in [1.807, 2.05) is 6.07 Å². The van der Waals surface area contributed by atoms with Gasteiger partial charge in [0.15, 0.2) is 11.5 Å². The highest BCUT2D eigenvalue weighted by atomic mass is 28.4. The average molecular weight is 403 g/mol. The first-order valence-electron chi connectivity index (χ1n) is 9.17. The summed E-state index contributed by atoms with van der Waals surface area (Å²) in [6.07, 6.45) is 0. The molecule has 0 aliphatic carbocycles. The van der Waals surface area contributed by atoms with E-state index in [1.54, 1.807) is 51.7 Å². The standard InChI is InChI=1S/C22H30O5Si/c1-22(2,3)28(7,8)27-19-10-9-15(13-20(19)26-6)21(23)16-11-17(24-4)14-18(12-16)25-5/h9-14H,1-8H3. The molecule has 28 heavy (non-hydrogen) atoms. The maximum atomic E-state index is 13.0.